The maximum absolute atomic E-state index is 13.8. The highest BCUT2D eigenvalue weighted by Gasteiger charge is 2.48. The Kier molecular flexibility index (Phi) is 13.7. The van der Waals surface area contributed by atoms with Crippen molar-refractivity contribution in [2.75, 3.05) is 13.7 Å². The van der Waals surface area contributed by atoms with E-state index < -0.39 is 16.7 Å². The Morgan fingerprint density at radius 2 is 1.32 bits per heavy atom. The Hall–Kier alpha value is -3.40. The van der Waals surface area contributed by atoms with Crippen molar-refractivity contribution < 1.29 is 19.1 Å². The van der Waals surface area contributed by atoms with E-state index in [1.807, 2.05) is 26.0 Å². The van der Waals surface area contributed by atoms with Gasteiger partial charge in [0.25, 0.3) is 0 Å². The van der Waals surface area contributed by atoms with Crippen LogP contribution in [0, 0.1) is 17.3 Å². The van der Waals surface area contributed by atoms with Gasteiger partial charge in [-0.1, -0.05) is 138 Å². The first-order chi connectivity index (χ1) is 21.2. The van der Waals surface area contributed by atoms with Crippen LogP contribution in [0.15, 0.2) is 91.0 Å². The molecule has 3 rings (SSSR count). The van der Waals surface area contributed by atoms with Crippen LogP contribution in [-0.2, 0) is 24.5 Å². The van der Waals surface area contributed by atoms with Gasteiger partial charge in [0.2, 0.25) is 0 Å². The minimum Gasteiger partial charge on any atom is -0.469 e. The smallest absolute Gasteiger partial charge is 0.311 e. The molecular weight excluding hydrogens is 544 g/mol. The molecule has 0 amide bonds. The minimum atomic E-state index is -0.945. The molecule has 238 valence electrons. The third-order valence-corrected chi connectivity index (χ3v) is 9.42. The van der Waals surface area contributed by atoms with Gasteiger partial charge in [-0.05, 0) is 67.6 Å². The molecule has 0 aromatic heterocycles. The van der Waals surface area contributed by atoms with Crippen LogP contribution in [0.2, 0.25) is 0 Å². The van der Waals surface area contributed by atoms with Crippen molar-refractivity contribution >= 4 is 11.9 Å². The van der Waals surface area contributed by atoms with E-state index in [4.69, 9.17) is 9.47 Å². The minimum absolute atomic E-state index is 0.250. The van der Waals surface area contributed by atoms with E-state index >= 15 is 0 Å². The van der Waals surface area contributed by atoms with Crippen molar-refractivity contribution in [3.8, 4) is 0 Å². The fourth-order valence-corrected chi connectivity index (χ4v) is 6.89. The fraction of sp³-hybridized carbons (Fsp3) is 0.500. The molecule has 4 unspecified atom stereocenters. The van der Waals surface area contributed by atoms with Gasteiger partial charge in [-0.25, -0.2) is 0 Å². The lowest BCUT2D eigenvalue weighted by atomic mass is 9.59. The van der Waals surface area contributed by atoms with E-state index in [9.17, 15) is 9.59 Å². The zero-order valence-electron chi connectivity index (χ0n) is 27.9. The number of methoxy groups -OCH3 is 1. The second-order valence-electron chi connectivity index (χ2n) is 13.1. The summed E-state index contributed by atoms with van der Waals surface area (Å²) in [6.07, 6.45) is 6.74. The van der Waals surface area contributed by atoms with Crippen molar-refractivity contribution in [2.45, 2.75) is 97.3 Å². The van der Waals surface area contributed by atoms with Crippen LogP contribution in [0.3, 0.4) is 0 Å². The molecule has 0 bridgehead atoms. The topological polar surface area (TPSA) is 52.6 Å². The highest BCUT2D eigenvalue weighted by atomic mass is 16.5. The summed E-state index contributed by atoms with van der Waals surface area (Å²) in [4.78, 5) is 27.0. The second-order valence-corrected chi connectivity index (χ2v) is 13.1. The van der Waals surface area contributed by atoms with Gasteiger partial charge in [-0.3, -0.25) is 9.59 Å². The summed E-state index contributed by atoms with van der Waals surface area (Å²) in [6.45, 7) is 11.0. The molecule has 0 aliphatic carbocycles. The highest BCUT2D eigenvalue weighted by molar-refractivity contribution is 5.79. The van der Waals surface area contributed by atoms with Crippen molar-refractivity contribution in [3.63, 3.8) is 0 Å². The van der Waals surface area contributed by atoms with Crippen LogP contribution >= 0.6 is 0 Å². The molecule has 0 aliphatic rings. The summed E-state index contributed by atoms with van der Waals surface area (Å²) in [5, 5.41) is 0. The molecular formula is C40H54O4. The van der Waals surface area contributed by atoms with Gasteiger partial charge < -0.3 is 9.47 Å². The van der Waals surface area contributed by atoms with Gasteiger partial charge in [-0.15, -0.1) is 0 Å². The number of unbranched alkanes of at least 4 members (excludes halogenated alkanes) is 2. The van der Waals surface area contributed by atoms with Crippen LogP contribution in [0.25, 0.3) is 0 Å². The standard InChI is InChI=1S/C40H54O4/c1-7-9-19-26-44-37(41)32(4)28-39(5,38(42)43-6)30-40(35-22-15-11-16-23-35,36-24-17-12-18-25-36)29-34(27-31(3)8-2)33-20-13-10-14-21-33/h10-18,20-25,31-32,34H,7-9,19,26-30H2,1-6H3. The molecule has 3 aromatic rings. The first-order valence-corrected chi connectivity index (χ1v) is 16.6. The zero-order valence-corrected chi connectivity index (χ0v) is 27.9. The van der Waals surface area contributed by atoms with Gasteiger partial charge in [0.15, 0.2) is 0 Å². The predicted molar refractivity (Wildman–Crippen MR) is 181 cm³/mol. The first-order valence-electron chi connectivity index (χ1n) is 16.6. The fourth-order valence-electron chi connectivity index (χ4n) is 6.89. The van der Waals surface area contributed by atoms with Crippen molar-refractivity contribution in [1.82, 2.24) is 0 Å². The molecule has 0 fully saturated rings. The molecule has 0 radical (unpaired) electrons. The van der Waals surface area contributed by atoms with Crippen molar-refractivity contribution in [2.24, 2.45) is 17.3 Å². The highest BCUT2D eigenvalue weighted by Crippen LogP contribution is 2.51. The number of rotatable bonds is 18. The third kappa shape index (κ3) is 9.30. The molecule has 44 heavy (non-hydrogen) atoms. The average Bonchev–Trinajstić information content (AvgIpc) is 3.06. The molecule has 3 aromatic carbocycles. The third-order valence-electron chi connectivity index (χ3n) is 9.42. The molecule has 0 heterocycles. The van der Waals surface area contributed by atoms with E-state index in [1.54, 1.807) is 0 Å². The lowest BCUT2D eigenvalue weighted by Crippen LogP contribution is -2.42. The average molecular weight is 599 g/mol. The Balaban J connectivity index is 2.16. The second kappa shape index (κ2) is 17.2. The van der Waals surface area contributed by atoms with Gasteiger partial charge in [0.05, 0.1) is 25.0 Å². The van der Waals surface area contributed by atoms with Gasteiger partial charge >= 0.3 is 11.9 Å². The number of carbonyl (C=O) groups is 2. The number of carbonyl (C=O) groups excluding carboxylic acids is 2. The van der Waals surface area contributed by atoms with E-state index in [2.05, 4.69) is 99.6 Å². The maximum atomic E-state index is 13.8. The number of benzene rings is 3. The summed E-state index contributed by atoms with van der Waals surface area (Å²) in [5.74, 6) is -0.193. The zero-order chi connectivity index (χ0) is 32.0. The van der Waals surface area contributed by atoms with E-state index in [-0.39, 0.29) is 17.9 Å². The lowest BCUT2D eigenvalue weighted by Gasteiger charge is -2.44. The van der Waals surface area contributed by atoms with Crippen LogP contribution in [0.1, 0.15) is 109 Å². The molecule has 0 spiro atoms. The molecule has 4 atom stereocenters. The Morgan fingerprint density at radius 1 is 0.773 bits per heavy atom. The SMILES string of the molecule is CCCCCOC(=O)C(C)CC(C)(CC(CC(CC(C)CC)c1ccccc1)(c1ccccc1)c1ccccc1)C(=O)OC. The van der Waals surface area contributed by atoms with Crippen LogP contribution in [0.5, 0.6) is 0 Å². The molecule has 0 N–H and O–H groups in total. The summed E-state index contributed by atoms with van der Waals surface area (Å²) in [5.41, 5.74) is 2.18. The largest absolute Gasteiger partial charge is 0.469 e. The Morgan fingerprint density at radius 3 is 1.82 bits per heavy atom. The van der Waals surface area contributed by atoms with Gasteiger partial charge in [0, 0.05) is 5.41 Å². The quantitative estimate of drug-likeness (QED) is 0.108. The van der Waals surface area contributed by atoms with Crippen LogP contribution < -0.4 is 0 Å². The van der Waals surface area contributed by atoms with E-state index in [0.717, 1.165) is 38.5 Å². The van der Waals surface area contributed by atoms with Crippen molar-refractivity contribution in [1.29, 1.82) is 0 Å². The number of hydrogen-bond acceptors (Lipinski definition) is 4. The summed E-state index contributed by atoms with van der Waals surface area (Å²) in [7, 11) is 1.46. The molecule has 4 nitrogen and oxygen atoms in total. The van der Waals surface area contributed by atoms with Crippen LogP contribution in [-0.4, -0.2) is 25.7 Å². The lowest BCUT2D eigenvalue weighted by molar-refractivity contribution is -0.157. The predicted octanol–water partition coefficient (Wildman–Crippen LogP) is 9.91. The Bertz CT molecular complexity index is 1220. The van der Waals surface area contributed by atoms with Gasteiger partial charge in [-0.2, -0.15) is 0 Å². The maximum Gasteiger partial charge on any atom is 0.311 e. The first kappa shape index (κ1) is 35.1. The van der Waals surface area contributed by atoms with E-state index in [1.165, 1.54) is 23.8 Å². The normalized spacial score (nSPS) is 15.0. The Labute approximate surface area is 266 Å². The summed E-state index contributed by atoms with van der Waals surface area (Å²) < 4.78 is 11.2. The molecule has 0 saturated carbocycles. The summed E-state index contributed by atoms with van der Waals surface area (Å²) in [6, 6.07) is 32.0. The summed E-state index contributed by atoms with van der Waals surface area (Å²) >= 11 is 0. The van der Waals surface area contributed by atoms with Crippen molar-refractivity contribution in [3.05, 3.63) is 108 Å². The monoisotopic (exact) mass is 598 g/mol. The number of esters is 2. The number of hydrogen-bond donors (Lipinski definition) is 0. The molecule has 0 saturated heterocycles. The van der Waals surface area contributed by atoms with E-state index in [0.29, 0.717) is 25.4 Å². The molecule has 4 heteroatoms. The molecule has 0 aliphatic heterocycles. The van der Waals surface area contributed by atoms with Gasteiger partial charge in [0.1, 0.15) is 0 Å². The number of ether oxygens (including phenoxy) is 2. The van der Waals surface area contributed by atoms with Crippen LogP contribution in [0.4, 0.5) is 0 Å².